The molecular formula is C18H23N3O2. The topological polar surface area (TPSA) is 62.2 Å². The number of rotatable bonds is 8. The zero-order valence-corrected chi connectivity index (χ0v) is 13.3. The van der Waals surface area contributed by atoms with Gasteiger partial charge in [0.1, 0.15) is 18.5 Å². The van der Waals surface area contributed by atoms with Gasteiger partial charge >= 0.3 is 0 Å². The van der Waals surface area contributed by atoms with Gasteiger partial charge in [-0.25, -0.2) is 0 Å². The van der Waals surface area contributed by atoms with Gasteiger partial charge in [-0.15, -0.1) is 0 Å². The Morgan fingerprint density at radius 1 is 1.26 bits per heavy atom. The molecule has 5 nitrogen and oxygen atoms in total. The SMILES string of the molecule is Cn1cccc1CCNCC(O)COc1cccc2[nH]ccc12. The molecule has 2 heterocycles. The molecule has 0 bridgehead atoms. The Bertz CT molecular complexity index is 747. The number of aromatic nitrogens is 2. The summed E-state index contributed by atoms with van der Waals surface area (Å²) >= 11 is 0. The van der Waals surface area contributed by atoms with Crippen LogP contribution in [0.15, 0.2) is 48.8 Å². The van der Waals surface area contributed by atoms with Crippen molar-refractivity contribution in [3.05, 3.63) is 54.5 Å². The second kappa shape index (κ2) is 7.35. The van der Waals surface area contributed by atoms with Crippen molar-refractivity contribution >= 4 is 10.9 Å². The number of aromatic amines is 1. The maximum atomic E-state index is 10.0. The molecule has 1 atom stereocenters. The minimum atomic E-state index is -0.530. The molecule has 0 saturated heterocycles. The molecule has 3 N–H and O–H groups in total. The summed E-state index contributed by atoms with van der Waals surface area (Å²) in [5.41, 5.74) is 2.32. The van der Waals surface area contributed by atoms with Crippen LogP contribution in [0.1, 0.15) is 5.69 Å². The van der Waals surface area contributed by atoms with E-state index < -0.39 is 6.10 Å². The van der Waals surface area contributed by atoms with E-state index in [1.807, 2.05) is 49.8 Å². The lowest BCUT2D eigenvalue weighted by Gasteiger charge is -2.14. The Balaban J connectivity index is 1.40. The largest absolute Gasteiger partial charge is 0.490 e. The number of nitrogens with one attached hydrogen (secondary N) is 2. The van der Waals surface area contributed by atoms with Crippen molar-refractivity contribution in [2.45, 2.75) is 12.5 Å². The number of fused-ring (bicyclic) bond motifs is 1. The number of aryl methyl sites for hydroxylation is 1. The molecule has 0 aliphatic carbocycles. The van der Waals surface area contributed by atoms with Gasteiger partial charge in [0.2, 0.25) is 0 Å². The minimum Gasteiger partial charge on any atom is -0.490 e. The van der Waals surface area contributed by atoms with Gasteiger partial charge in [0, 0.05) is 55.5 Å². The summed E-state index contributed by atoms with van der Waals surface area (Å²) in [6.07, 6.45) is 4.34. The summed E-state index contributed by atoms with van der Waals surface area (Å²) in [4.78, 5) is 3.15. The van der Waals surface area contributed by atoms with Gasteiger partial charge in [0.25, 0.3) is 0 Å². The van der Waals surface area contributed by atoms with E-state index in [1.165, 1.54) is 5.69 Å². The molecule has 122 valence electrons. The Labute approximate surface area is 135 Å². The second-order valence-corrected chi connectivity index (χ2v) is 5.72. The van der Waals surface area contributed by atoms with Crippen molar-refractivity contribution in [3.8, 4) is 5.75 Å². The van der Waals surface area contributed by atoms with Crippen molar-refractivity contribution in [2.24, 2.45) is 7.05 Å². The molecule has 5 heteroatoms. The molecular weight excluding hydrogens is 290 g/mol. The van der Waals surface area contributed by atoms with Crippen LogP contribution in [0.5, 0.6) is 5.75 Å². The van der Waals surface area contributed by atoms with Crippen molar-refractivity contribution < 1.29 is 9.84 Å². The van der Waals surface area contributed by atoms with Crippen LogP contribution in [0.4, 0.5) is 0 Å². The zero-order chi connectivity index (χ0) is 16.1. The summed E-state index contributed by atoms with van der Waals surface area (Å²) in [7, 11) is 2.04. The highest BCUT2D eigenvalue weighted by Crippen LogP contribution is 2.24. The summed E-state index contributed by atoms with van der Waals surface area (Å²) in [6.45, 7) is 1.64. The van der Waals surface area contributed by atoms with Crippen LogP contribution in [0, 0.1) is 0 Å². The Kier molecular flexibility index (Phi) is 5.00. The first-order chi connectivity index (χ1) is 11.2. The molecule has 0 saturated carbocycles. The fraction of sp³-hybridized carbons (Fsp3) is 0.333. The number of aliphatic hydroxyl groups is 1. The number of H-pyrrole nitrogens is 1. The van der Waals surface area contributed by atoms with Gasteiger partial charge in [-0.05, 0) is 30.3 Å². The molecule has 1 aromatic carbocycles. The van der Waals surface area contributed by atoms with Crippen molar-refractivity contribution in [2.75, 3.05) is 19.7 Å². The van der Waals surface area contributed by atoms with Gasteiger partial charge in [-0.2, -0.15) is 0 Å². The summed E-state index contributed by atoms with van der Waals surface area (Å²) in [6, 6.07) is 12.0. The maximum Gasteiger partial charge on any atom is 0.128 e. The third-order valence-electron chi connectivity index (χ3n) is 3.98. The van der Waals surface area contributed by atoms with Crippen molar-refractivity contribution in [1.29, 1.82) is 0 Å². The zero-order valence-electron chi connectivity index (χ0n) is 13.3. The van der Waals surface area contributed by atoms with Gasteiger partial charge < -0.3 is 24.7 Å². The molecule has 0 amide bonds. The molecule has 2 aromatic heterocycles. The lowest BCUT2D eigenvalue weighted by atomic mass is 10.2. The predicted molar refractivity (Wildman–Crippen MR) is 91.8 cm³/mol. The number of ether oxygens (including phenoxy) is 1. The quantitative estimate of drug-likeness (QED) is 0.558. The molecule has 0 fully saturated rings. The number of benzene rings is 1. The highest BCUT2D eigenvalue weighted by Gasteiger charge is 2.07. The normalized spacial score (nSPS) is 12.6. The number of hydrogen-bond acceptors (Lipinski definition) is 3. The number of hydrogen-bond donors (Lipinski definition) is 3. The predicted octanol–water partition coefficient (Wildman–Crippen LogP) is 2.08. The van der Waals surface area contributed by atoms with Crippen LogP contribution in [-0.4, -0.2) is 40.5 Å². The van der Waals surface area contributed by atoms with E-state index in [-0.39, 0.29) is 6.61 Å². The van der Waals surface area contributed by atoms with E-state index in [1.54, 1.807) is 0 Å². The molecule has 3 aromatic rings. The van der Waals surface area contributed by atoms with Crippen LogP contribution in [0.2, 0.25) is 0 Å². The van der Waals surface area contributed by atoms with Gasteiger partial charge in [0.05, 0.1) is 0 Å². The monoisotopic (exact) mass is 313 g/mol. The number of nitrogens with zero attached hydrogens (tertiary/aromatic N) is 1. The fourth-order valence-corrected chi connectivity index (χ4v) is 2.67. The number of aliphatic hydroxyl groups excluding tert-OH is 1. The van der Waals surface area contributed by atoms with E-state index in [9.17, 15) is 5.11 Å². The average Bonchev–Trinajstić information content (AvgIpc) is 3.18. The first kappa shape index (κ1) is 15.6. The van der Waals surface area contributed by atoms with Crippen molar-refractivity contribution in [1.82, 2.24) is 14.9 Å². The Morgan fingerprint density at radius 3 is 3.00 bits per heavy atom. The molecule has 1 unspecified atom stereocenters. The summed E-state index contributed by atoms with van der Waals surface area (Å²) in [5, 5.41) is 14.4. The Hall–Kier alpha value is -2.24. The molecule has 0 aliphatic heterocycles. The van der Waals surface area contributed by atoms with Crippen LogP contribution in [0.25, 0.3) is 10.9 Å². The van der Waals surface area contributed by atoms with E-state index in [0.29, 0.717) is 6.54 Å². The van der Waals surface area contributed by atoms with Crippen LogP contribution in [0.3, 0.4) is 0 Å². The highest BCUT2D eigenvalue weighted by atomic mass is 16.5. The first-order valence-corrected chi connectivity index (χ1v) is 7.92. The molecule has 23 heavy (non-hydrogen) atoms. The van der Waals surface area contributed by atoms with Crippen LogP contribution in [-0.2, 0) is 13.5 Å². The van der Waals surface area contributed by atoms with Gasteiger partial charge in [0.15, 0.2) is 0 Å². The van der Waals surface area contributed by atoms with Crippen LogP contribution < -0.4 is 10.1 Å². The molecule has 0 radical (unpaired) electrons. The second-order valence-electron chi connectivity index (χ2n) is 5.72. The summed E-state index contributed by atoms with van der Waals surface area (Å²) < 4.78 is 7.86. The van der Waals surface area contributed by atoms with Crippen molar-refractivity contribution in [3.63, 3.8) is 0 Å². The molecule has 0 spiro atoms. The average molecular weight is 313 g/mol. The Morgan fingerprint density at radius 2 is 2.17 bits per heavy atom. The van der Waals surface area contributed by atoms with Gasteiger partial charge in [-0.3, -0.25) is 0 Å². The lowest BCUT2D eigenvalue weighted by Crippen LogP contribution is -2.32. The molecule has 3 rings (SSSR count). The highest BCUT2D eigenvalue weighted by molar-refractivity contribution is 5.85. The van der Waals surface area contributed by atoms with Crippen LogP contribution >= 0.6 is 0 Å². The minimum absolute atomic E-state index is 0.279. The first-order valence-electron chi connectivity index (χ1n) is 7.92. The standard InChI is InChI=1S/C18H23N3O2/c1-21-11-3-4-14(21)7-9-19-12-15(22)13-23-18-6-2-5-17-16(18)8-10-20-17/h2-6,8,10-11,15,19-20,22H,7,9,12-13H2,1H3. The smallest absolute Gasteiger partial charge is 0.128 e. The third kappa shape index (κ3) is 3.94. The lowest BCUT2D eigenvalue weighted by molar-refractivity contribution is 0.107. The molecule has 0 aliphatic rings. The fourth-order valence-electron chi connectivity index (χ4n) is 2.67. The van der Waals surface area contributed by atoms with E-state index in [0.717, 1.165) is 29.6 Å². The van der Waals surface area contributed by atoms with E-state index in [4.69, 9.17) is 4.74 Å². The van der Waals surface area contributed by atoms with Gasteiger partial charge in [-0.1, -0.05) is 6.07 Å². The van der Waals surface area contributed by atoms with E-state index in [2.05, 4.69) is 20.9 Å². The third-order valence-corrected chi connectivity index (χ3v) is 3.98. The maximum absolute atomic E-state index is 10.0. The summed E-state index contributed by atoms with van der Waals surface area (Å²) in [5.74, 6) is 0.798. The van der Waals surface area contributed by atoms with E-state index >= 15 is 0 Å².